The van der Waals surface area contributed by atoms with Crippen LogP contribution >= 0.6 is 27.5 Å². The molecule has 7 nitrogen and oxygen atoms in total. The van der Waals surface area contributed by atoms with Gasteiger partial charge in [-0.05, 0) is 76.5 Å². The van der Waals surface area contributed by atoms with Crippen LogP contribution in [0.2, 0.25) is 5.02 Å². The number of ether oxygens (including phenoxy) is 2. The van der Waals surface area contributed by atoms with E-state index in [4.69, 9.17) is 21.1 Å². The molecule has 4 amide bonds. The fraction of sp³-hybridized carbons (Fsp3) is 0.115. The maximum absolute atomic E-state index is 14.3. The van der Waals surface area contributed by atoms with Gasteiger partial charge in [-0.15, -0.1) is 0 Å². The van der Waals surface area contributed by atoms with Gasteiger partial charge in [-0.1, -0.05) is 35.9 Å². The van der Waals surface area contributed by atoms with Gasteiger partial charge in [0.15, 0.2) is 11.5 Å². The van der Waals surface area contributed by atoms with Gasteiger partial charge < -0.3 is 9.47 Å². The molecule has 0 radical (unpaired) electrons. The molecule has 1 heterocycles. The summed E-state index contributed by atoms with van der Waals surface area (Å²) in [7, 11) is 0. The van der Waals surface area contributed by atoms with Crippen molar-refractivity contribution in [3.63, 3.8) is 0 Å². The largest absolute Gasteiger partial charge is 0.490 e. The molecule has 0 bridgehead atoms. The molecular weight excluding hydrogens is 555 g/mol. The van der Waals surface area contributed by atoms with Crippen LogP contribution in [0.1, 0.15) is 18.1 Å². The first kappa shape index (κ1) is 25.4. The van der Waals surface area contributed by atoms with Crippen LogP contribution in [0.15, 0.2) is 70.7 Å². The zero-order valence-electron chi connectivity index (χ0n) is 18.9. The summed E-state index contributed by atoms with van der Waals surface area (Å²) in [5, 5.41) is 2.66. The molecular formula is C26H19BrClFN2O5. The van der Waals surface area contributed by atoms with Gasteiger partial charge in [-0.3, -0.25) is 14.9 Å². The number of para-hydroxylation sites is 1. The monoisotopic (exact) mass is 572 g/mol. The Labute approximate surface area is 219 Å². The summed E-state index contributed by atoms with van der Waals surface area (Å²) < 4.78 is 26.5. The summed E-state index contributed by atoms with van der Waals surface area (Å²) in [5.41, 5.74) is 0.659. The summed E-state index contributed by atoms with van der Waals surface area (Å²) in [5.74, 6) is -1.84. The van der Waals surface area contributed by atoms with E-state index in [0.29, 0.717) is 38.1 Å². The van der Waals surface area contributed by atoms with Crippen LogP contribution in [0, 0.1) is 5.82 Å². The van der Waals surface area contributed by atoms with E-state index < -0.39 is 23.7 Å². The molecule has 0 aliphatic carbocycles. The van der Waals surface area contributed by atoms with Gasteiger partial charge in [0.2, 0.25) is 0 Å². The molecule has 36 heavy (non-hydrogen) atoms. The third-order valence-electron chi connectivity index (χ3n) is 5.11. The van der Waals surface area contributed by atoms with E-state index in [2.05, 4.69) is 21.2 Å². The van der Waals surface area contributed by atoms with Crippen molar-refractivity contribution in [1.29, 1.82) is 0 Å². The SMILES string of the molecule is CCOc1cc(/C=C2/C(=O)NC(=O)N(c3ccccc3F)C2=O)cc(Br)c1OCc1cccc(Cl)c1. The molecule has 0 aromatic heterocycles. The maximum Gasteiger partial charge on any atom is 0.336 e. The number of amides is 4. The summed E-state index contributed by atoms with van der Waals surface area (Å²) in [6.45, 7) is 2.35. The van der Waals surface area contributed by atoms with Crippen LogP contribution in [0.5, 0.6) is 11.5 Å². The number of hydrogen-bond acceptors (Lipinski definition) is 5. The van der Waals surface area contributed by atoms with Crippen molar-refractivity contribution in [3.8, 4) is 11.5 Å². The normalized spacial score (nSPS) is 14.7. The zero-order chi connectivity index (χ0) is 25.8. The highest BCUT2D eigenvalue weighted by atomic mass is 79.9. The number of imide groups is 2. The Morgan fingerprint density at radius 3 is 2.56 bits per heavy atom. The van der Waals surface area contributed by atoms with E-state index in [9.17, 15) is 18.8 Å². The van der Waals surface area contributed by atoms with E-state index in [1.165, 1.54) is 24.3 Å². The molecule has 1 fully saturated rings. The zero-order valence-corrected chi connectivity index (χ0v) is 21.2. The number of barbiturate groups is 1. The number of nitrogens with one attached hydrogen (secondary N) is 1. The average molecular weight is 574 g/mol. The van der Waals surface area contributed by atoms with Crippen molar-refractivity contribution in [1.82, 2.24) is 5.32 Å². The van der Waals surface area contributed by atoms with Crippen LogP contribution in [-0.2, 0) is 16.2 Å². The molecule has 4 rings (SSSR count). The second kappa shape index (κ2) is 10.9. The summed E-state index contributed by atoms with van der Waals surface area (Å²) in [6, 6.07) is 14.7. The lowest BCUT2D eigenvalue weighted by molar-refractivity contribution is -0.122. The van der Waals surface area contributed by atoms with E-state index in [1.807, 2.05) is 12.1 Å². The van der Waals surface area contributed by atoms with Gasteiger partial charge in [-0.25, -0.2) is 14.1 Å². The molecule has 3 aromatic carbocycles. The van der Waals surface area contributed by atoms with Crippen LogP contribution in [0.25, 0.3) is 6.08 Å². The minimum atomic E-state index is -1.03. The van der Waals surface area contributed by atoms with Crippen molar-refractivity contribution in [2.24, 2.45) is 0 Å². The minimum absolute atomic E-state index is 0.222. The Bertz CT molecular complexity index is 1390. The third-order valence-corrected chi connectivity index (χ3v) is 5.93. The van der Waals surface area contributed by atoms with Crippen molar-refractivity contribution < 1.29 is 28.2 Å². The molecule has 1 saturated heterocycles. The second-order valence-electron chi connectivity index (χ2n) is 7.59. The quantitative estimate of drug-likeness (QED) is 0.282. The van der Waals surface area contributed by atoms with Crippen LogP contribution in [0.4, 0.5) is 14.9 Å². The fourth-order valence-corrected chi connectivity index (χ4v) is 4.32. The Morgan fingerprint density at radius 2 is 1.83 bits per heavy atom. The second-order valence-corrected chi connectivity index (χ2v) is 8.88. The molecule has 10 heteroatoms. The first-order chi connectivity index (χ1) is 17.3. The van der Waals surface area contributed by atoms with Gasteiger partial charge in [-0.2, -0.15) is 0 Å². The van der Waals surface area contributed by atoms with Gasteiger partial charge in [0.25, 0.3) is 11.8 Å². The highest BCUT2D eigenvalue weighted by molar-refractivity contribution is 9.10. The molecule has 1 N–H and O–H groups in total. The molecule has 0 atom stereocenters. The Balaban J connectivity index is 1.67. The Hall–Kier alpha value is -3.69. The van der Waals surface area contributed by atoms with E-state index in [1.54, 1.807) is 31.2 Å². The van der Waals surface area contributed by atoms with Crippen molar-refractivity contribution in [3.05, 3.63) is 92.7 Å². The van der Waals surface area contributed by atoms with Crippen molar-refractivity contribution in [2.75, 3.05) is 11.5 Å². The van der Waals surface area contributed by atoms with Crippen LogP contribution < -0.4 is 19.7 Å². The number of carbonyl (C=O) groups is 3. The van der Waals surface area contributed by atoms with Crippen LogP contribution in [0.3, 0.4) is 0 Å². The maximum atomic E-state index is 14.3. The highest BCUT2D eigenvalue weighted by Gasteiger charge is 2.38. The minimum Gasteiger partial charge on any atom is -0.490 e. The number of nitrogens with zero attached hydrogens (tertiary/aromatic N) is 1. The number of hydrogen-bond donors (Lipinski definition) is 1. The predicted octanol–water partition coefficient (Wildman–Crippen LogP) is 5.89. The Kier molecular flexibility index (Phi) is 7.71. The van der Waals surface area contributed by atoms with Crippen molar-refractivity contribution in [2.45, 2.75) is 13.5 Å². The summed E-state index contributed by atoms with van der Waals surface area (Å²) in [6.07, 6.45) is 1.30. The molecule has 0 unspecified atom stereocenters. The lowest BCUT2D eigenvalue weighted by Crippen LogP contribution is -2.54. The highest BCUT2D eigenvalue weighted by Crippen LogP contribution is 2.38. The standard InChI is InChI=1S/C26H19BrClFN2O5/c1-2-35-22-13-16(12-19(27)23(22)36-14-15-6-5-7-17(28)10-15)11-18-24(32)30-26(34)31(25(18)33)21-9-4-3-8-20(21)29/h3-13H,2,14H2,1H3,(H,30,32,34)/b18-11-. The topological polar surface area (TPSA) is 84.9 Å². The predicted molar refractivity (Wildman–Crippen MR) is 136 cm³/mol. The number of anilines is 1. The van der Waals surface area contributed by atoms with E-state index in [-0.39, 0.29) is 17.9 Å². The fourth-order valence-electron chi connectivity index (χ4n) is 3.53. The van der Waals surface area contributed by atoms with Crippen LogP contribution in [-0.4, -0.2) is 24.5 Å². The lowest BCUT2D eigenvalue weighted by Gasteiger charge is -2.26. The molecule has 0 saturated carbocycles. The number of carbonyl (C=O) groups excluding carboxylic acids is 3. The van der Waals surface area contributed by atoms with E-state index in [0.717, 1.165) is 11.6 Å². The summed E-state index contributed by atoms with van der Waals surface area (Å²) >= 11 is 9.50. The van der Waals surface area contributed by atoms with Gasteiger partial charge in [0.1, 0.15) is 18.0 Å². The number of urea groups is 1. The molecule has 3 aromatic rings. The van der Waals surface area contributed by atoms with Crippen molar-refractivity contribution >= 4 is 57.1 Å². The number of benzene rings is 3. The first-order valence-electron chi connectivity index (χ1n) is 10.8. The van der Waals surface area contributed by atoms with Gasteiger partial charge in [0, 0.05) is 5.02 Å². The lowest BCUT2D eigenvalue weighted by atomic mass is 10.1. The molecule has 1 aliphatic rings. The van der Waals surface area contributed by atoms with Gasteiger partial charge in [0.05, 0.1) is 16.8 Å². The molecule has 0 spiro atoms. The Morgan fingerprint density at radius 1 is 1.06 bits per heavy atom. The third kappa shape index (κ3) is 5.42. The smallest absolute Gasteiger partial charge is 0.336 e. The number of rotatable bonds is 7. The molecule has 1 aliphatic heterocycles. The first-order valence-corrected chi connectivity index (χ1v) is 11.9. The summed E-state index contributed by atoms with van der Waals surface area (Å²) in [4.78, 5) is 38.5. The van der Waals surface area contributed by atoms with E-state index >= 15 is 0 Å². The molecule has 184 valence electrons. The van der Waals surface area contributed by atoms with Gasteiger partial charge >= 0.3 is 6.03 Å². The number of halogens is 3. The average Bonchev–Trinajstić information content (AvgIpc) is 2.82.